The van der Waals surface area contributed by atoms with E-state index in [1.54, 1.807) is 6.92 Å². The third-order valence-corrected chi connectivity index (χ3v) is 5.85. The van der Waals surface area contributed by atoms with Crippen LogP contribution in [0.15, 0.2) is 24.3 Å². The van der Waals surface area contributed by atoms with E-state index in [-0.39, 0.29) is 24.2 Å². The van der Waals surface area contributed by atoms with E-state index >= 15 is 0 Å². The van der Waals surface area contributed by atoms with Crippen molar-refractivity contribution >= 4 is 18.5 Å². The minimum Gasteiger partial charge on any atom is -0.399 e. The van der Waals surface area contributed by atoms with Crippen LogP contribution in [0.5, 0.6) is 0 Å². The number of piperidine rings is 1. The van der Waals surface area contributed by atoms with E-state index in [9.17, 15) is 4.79 Å². The van der Waals surface area contributed by atoms with Gasteiger partial charge in [-0.15, -0.1) is 0 Å². The Morgan fingerprint density at radius 1 is 1.12 bits per heavy atom. The lowest BCUT2D eigenvalue weighted by Crippen LogP contribution is -2.41. The van der Waals surface area contributed by atoms with E-state index in [0.29, 0.717) is 5.92 Å². The molecule has 1 aromatic carbocycles. The number of likely N-dealkylation sites (tertiary alicyclic amines) is 1. The molecular weight excluding hydrogens is 301 g/mol. The van der Waals surface area contributed by atoms with E-state index in [4.69, 9.17) is 9.31 Å². The lowest BCUT2D eigenvalue weighted by atomic mass is 9.76. The first-order chi connectivity index (χ1) is 11.2. The maximum Gasteiger partial charge on any atom is 0.494 e. The van der Waals surface area contributed by atoms with Crippen molar-refractivity contribution in [3.63, 3.8) is 0 Å². The van der Waals surface area contributed by atoms with Gasteiger partial charge in [-0.1, -0.05) is 24.3 Å². The molecule has 0 unspecified atom stereocenters. The van der Waals surface area contributed by atoms with Crippen molar-refractivity contribution in [3.05, 3.63) is 29.8 Å². The van der Waals surface area contributed by atoms with E-state index in [0.717, 1.165) is 31.4 Å². The van der Waals surface area contributed by atoms with Gasteiger partial charge in [-0.3, -0.25) is 4.79 Å². The van der Waals surface area contributed by atoms with Gasteiger partial charge in [0, 0.05) is 20.0 Å². The molecule has 0 saturated carbocycles. The topological polar surface area (TPSA) is 38.8 Å². The highest BCUT2D eigenvalue weighted by Crippen LogP contribution is 2.36. The van der Waals surface area contributed by atoms with E-state index in [2.05, 4.69) is 52.0 Å². The largest absolute Gasteiger partial charge is 0.494 e. The highest BCUT2D eigenvalue weighted by molar-refractivity contribution is 6.62. The molecule has 24 heavy (non-hydrogen) atoms. The first-order valence-electron chi connectivity index (χ1n) is 8.91. The monoisotopic (exact) mass is 329 g/mol. The third-order valence-electron chi connectivity index (χ3n) is 5.85. The predicted octanol–water partition coefficient (Wildman–Crippen LogP) is 2.71. The number of nitrogens with zero attached hydrogens (tertiary/aromatic N) is 1. The van der Waals surface area contributed by atoms with Crippen molar-refractivity contribution in [2.45, 2.75) is 64.6 Å². The van der Waals surface area contributed by atoms with Gasteiger partial charge in [0.2, 0.25) is 5.91 Å². The minimum atomic E-state index is -0.319. The van der Waals surface area contributed by atoms with Crippen molar-refractivity contribution in [2.75, 3.05) is 13.1 Å². The zero-order chi connectivity index (χ0) is 17.5. The molecule has 2 fully saturated rings. The van der Waals surface area contributed by atoms with Crippen molar-refractivity contribution in [1.29, 1.82) is 0 Å². The fourth-order valence-electron chi connectivity index (χ4n) is 3.47. The Morgan fingerprint density at radius 2 is 1.71 bits per heavy atom. The summed E-state index contributed by atoms with van der Waals surface area (Å²) < 4.78 is 12.3. The molecule has 2 aliphatic heterocycles. The molecule has 4 nitrogen and oxygen atoms in total. The van der Waals surface area contributed by atoms with Gasteiger partial charge in [0.1, 0.15) is 0 Å². The molecule has 2 heterocycles. The van der Waals surface area contributed by atoms with Gasteiger partial charge in [0.25, 0.3) is 0 Å². The van der Waals surface area contributed by atoms with Gasteiger partial charge in [-0.25, -0.2) is 0 Å². The Labute approximate surface area is 145 Å². The summed E-state index contributed by atoms with van der Waals surface area (Å²) >= 11 is 0. The van der Waals surface area contributed by atoms with E-state index in [1.165, 1.54) is 5.56 Å². The number of hydrogen-bond donors (Lipinski definition) is 0. The molecule has 130 valence electrons. The maximum atomic E-state index is 11.5. The molecule has 5 heteroatoms. The van der Waals surface area contributed by atoms with Gasteiger partial charge < -0.3 is 14.2 Å². The average Bonchev–Trinajstić information content (AvgIpc) is 2.76. The Morgan fingerprint density at radius 3 is 2.25 bits per heavy atom. The van der Waals surface area contributed by atoms with Gasteiger partial charge in [0.15, 0.2) is 0 Å². The van der Waals surface area contributed by atoms with E-state index < -0.39 is 0 Å². The van der Waals surface area contributed by atoms with Crippen LogP contribution in [0.4, 0.5) is 0 Å². The molecule has 0 bridgehead atoms. The van der Waals surface area contributed by atoms with Crippen LogP contribution in [0, 0.1) is 0 Å². The highest BCUT2D eigenvalue weighted by atomic mass is 16.7. The summed E-state index contributed by atoms with van der Waals surface area (Å²) in [5, 5.41) is 0. The lowest BCUT2D eigenvalue weighted by molar-refractivity contribution is -0.129. The van der Waals surface area contributed by atoms with Crippen LogP contribution in [0.2, 0.25) is 0 Å². The fraction of sp³-hybridized carbons (Fsp3) is 0.632. The normalized spacial score (nSPS) is 23.5. The quantitative estimate of drug-likeness (QED) is 0.783. The molecule has 0 radical (unpaired) electrons. The Bertz CT molecular complexity index is 605. The highest BCUT2D eigenvalue weighted by Gasteiger charge is 2.51. The van der Waals surface area contributed by atoms with Crippen molar-refractivity contribution in [1.82, 2.24) is 4.90 Å². The molecular formula is C19H28BNO3. The second-order valence-electron chi connectivity index (χ2n) is 8.04. The maximum absolute atomic E-state index is 11.5. The SMILES string of the molecule is CC(=O)N1CCC(c2cccc(B3OC(C)(C)C(C)(C)O3)c2)CC1. The second-order valence-corrected chi connectivity index (χ2v) is 8.04. The number of carbonyl (C=O) groups excluding carboxylic acids is 1. The molecule has 1 amide bonds. The van der Waals surface area contributed by atoms with Crippen molar-refractivity contribution in [2.24, 2.45) is 0 Å². The summed E-state index contributed by atoms with van der Waals surface area (Å²) in [5.74, 6) is 0.683. The standard InChI is InChI=1S/C19H28BNO3/c1-14(22)21-11-9-15(10-12-21)16-7-6-8-17(13-16)20-23-18(2,3)19(4,5)24-20/h6-8,13,15H,9-12H2,1-5H3. The number of amides is 1. The second kappa shape index (κ2) is 6.19. The number of benzene rings is 1. The van der Waals surface area contributed by atoms with Crippen molar-refractivity contribution < 1.29 is 14.1 Å². The predicted molar refractivity (Wildman–Crippen MR) is 96.4 cm³/mol. The number of carbonyl (C=O) groups is 1. The Balaban J connectivity index is 1.73. The zero-order valence-electron chi connectivity index (χ0n) is 15.5. The van der Waals surface area contributed by atoms with Crippen LogP contribution in [0.1, 0.15) is 58.9 Å². The summed E-state index contributed by atoms with van der Waals surface area (Å²) in [7, 11) is -0.313. The fourth-order valence-corrected chi connectivity index (χ4v) is 3.47. The zero-order valence-corrected chi connectivity index (χ0v) is 15.5. The van der Waals surface area contributed by atoms with Crippen LogP contribution < -0.4 is 5.46 Å². The van der Waals surface area contributed by atoms with Crippen molar-refractivity contribution in [3.8, 4) is 0 Å². The molecule has 0 N–H and O–H groups in total. The number of hydrogen-bond acceptors (Lipinski definition) is 3. The van der Waals surface area contributed by atoms with Gasteiger partial charge in [0.05, 0.1) is 11.2 Å². The molecule has 2 aliphatic rings. The average molecular weight is 329 g/mol. The summed E-state index contributed by atoms with van der Waals surface area (Å²) in [6, 6.07) is 8.57. The molecule has 3 rings (SSSR count). The first-order valence-corrected chi connectivity index (χ1v) is 8.91. The van der Waals surface area contributed by atoms with Crippen LogP contribution in [-0.2, 0) is 14.1 Å². The smallest absolute Gasteiger partial charge is 0.399 e. The number of rotatable bonds is 2. The molecule has 0 aromatic heterocycles. The van der Waals surface area contributed by atoms with Crippen LogP contribution in [0.25, 0.3) is 0 Å². The minimum absolute atomic E-state index is 0.180. The molecule has 1 aromatic rings. The van der Waals surface area contributed by atoms with Crippen LogP contribution in [0.3, 0.4) is 0 Å². The van der Waals surface area contributed by atoms with Crippen LogP contribution in [-0.4, -0.2) is 42.2 Å². The summed E-state index contributed by atoms with van der Waals surface area (Å²) in [4.78, 5) is 13.4. The lowest BCUT2D eigenvalue weighted by Gasteiger charge is -2.32. The Hall–Kier alpha value is -1.33. The van der Waals surface area contributed by atoms with Gasteiger partial charge in [-0.05, 0) is 57.5 Å². The molecule has 0 aliphatic carbocycles. The van der Waals surface area contributed by atoms with Gasteiger partial charge in [-0.2, -0.15) is 0 Å². The summed E-state index contributed by atoms with van der Waals surface area (Å²) in [6.45, 7) is 11.7. The molecule has 2 saturated heterocycles. The van der Waals surface area contributed by atoms with Gasteiger partial charge >= 0.3 is 7.12 Å². The van der Waals surface area contributed by atoms with E-state index in [1.807, 2.05) is 4.90 Å². The summed E-state index contributed by atoms with van der Waals surface area (Å²) in [5.41, 5.74) is 1.77. The Kier molecular flexibility index (Phi) is 4.52. The molecule has 0 atom stereocenters. The molecule has 0 spiro atoms. The van der Waals surface area contributed by atoms with Crippen LogP contribution >= 0.6 is 0 Å². The first kappa shape index (κ1) is 17.5. The summed E-state index contributed by atoms with van der Waals surface area (Å²) in [6.07, 6.45) is 2.04. The third kappa shape index (κ3) is 3.24.